The third-order valence-electron chi connectivity index (χ3n) is 11.9. The summed E-state index contributed by atoms with van der Waals surface area (Å²) in [6, 6.07) is 11.2. The van der Waals surface area contributed by atoms with Crippen LogP contribution in [0.2, 0.25) is 5.02 Å². The molecule has 1 saturated carbocycles. The highest BCUT2D eigenvalue weighted by Gasteiger charge is 2.44. The van der Waals surface area contributed by atoms with E-state index in [1.165, 1.54) is 29.1 Å². The van der Waals surface area contributed by atoms with Crippen molar-refractivity contribution >= 4 is 49.1 Å². The molecule has 1 fully saturated rings. The van der Waals surface area contributed by atoms with Crippen molar-refractivity contribution in [3.63, 3.8) is 0 Å². The fraction of sp³-hybridized carbons (Fsp3) is 0.537. The molecule has 1 aromatic heterocycles. The molecular weight excluding hydrogens is 822 g/mol. The monoisotopic (exact) mass is 873 g/mol. The minimum absolute atomic E-state index is 0.00193. The summed E-state index contributed by atoms with van der Waals surface area (Å²) in [6.07, 6.45) is 9.74. The summed E-state index contributed by atoms with van der Waals surface area (Å²) < 4.78 is 75.7. The number of nitrogens with zero attached hydrogens (tertiary/aromatic N) is 4. The first kappa shape index (κ1) is 43.1. The highest BCUT2D eigenvalue weighted by Crippen LogP contribution is 2.47. The van der Waals surface area contributed by atoms with E-state index in [-0.39, 0.29) is 59.3 Å². The van der Waals surface area contributed by atoms with Crippen molar-refractivity contribution in [3.8, 4) is 11.6 Å². The number of anilines is 1. The van der Waals surface area contributed by atoms with Crippen LogP contribution in [0.5, 0.6) is 11.6 Å². The van der Waals surface area contributed by atoms with Crippen LogP contribution in [0, 0.1) is 17.8 Å². The number of hydrogen-bond acceptors (Lipinski definition) is 12. The molecule has 18 heteroatoms. The van der Waals surface area contributed by atoms with Crippen molar-refractivity contribution in [2.45, 2.75) is 56.7 Å². The molecule has 2 aliphatic carbocycles. The van der Waals surface area contributed by atoms with E-state index < -0.39 is 43.9 Å². The Balaban J connectivity index is 1.31. The van der Waals surface area contributed by atoms with Crippen LogP contribution in [0.4, 0.5) is 5.69 Å². The zero-order chi connectivity index (χ0) is 42.1. The molecular formula is C41H52ClN5O10S2. The molecule has 320 valence electrons. The smallest absolute Gasteiger partial charge is 0.286 e. The van der Waals surface area contributed by atoms with Gasteiger partial charge in [0.2, 0.25) is 5.88 Å². The molecule has 0 radical (unpaired) electrons. The molecule has 7 atom stereocenters. The Morgan fingerprint density at radius 2 is 1.92 bits per heavy atom. The van der Waals surface area contributed by atoms with E-state index in [4.69, 9.17) is 34.7 Å². The number of carbonyl (C=O) groups is 2. The summed E-state index contributed by atoms with van der Waals surface area (Å²) in [7, 11) is -2.98. The molecule has 59 heavy (non-hydrogen) atoms. The number of methoxy groups -OCH3 is 2. The molecule has 7 rings (SSSR count). The Morgan fingerprint density at radius 3 is 2.64 bits per heavy atom. The van der Waals surface area contributed by atoms with E-state index in [1.807, 2.05) is 18.2 Å². The summed E-state index contributed by atoms with van der Waals surface area (Å²) in [4.78, 5) is 30.4. The predicted octanol–water partition coefficient (Wildman–Crippen LogP) is 5.12. The quantitative estimate of drug-likeness (QED) is 0.171. The van der Waals surface area contributed by atoms with Gasteiger partial charge in [0, 0.05) is 55.4 Å². The second-order valence-corrected chi connectivity index (χ2v) is 20.2. The zero-order valence-corrected chi connectivity index (χ0v) is 36.3. The molecule has 2 bridgehead atoms. The summed E-state index contributed by atoms with van der Waals surface area (Å²) in [6.45, 7) is 3.12. The third kappa shape index (κ3) is 9.65. The maximum atomic E-state index is 15.0. The number of rotatable bonds is 9. The van der Waals surface area contributed by atoms with Crippen LogP contribution in [-0.2, 0) is 52.6 Å². The number of nitrogens with one attached hydrogen (secondary N) is 1. The summed E-state index contributed by atoms with van der Waals surface area (Å²) in [5, 5.41) is 4.84. The van der Waals surface area contributed by atoms with Crippen molar-refractivity contribution in [2.24, 2.45) is 29.2 Å². The van der Waals surface area contributed by atoms with Crippen LogP contribution in [0.15, 0.2) is 59.1 Å². The number of fused-ring (bicyclic) bond motifs is 4. The van der Waals surface area contributed by atoms with Gasteiger partial charge in [-0.25, -0.2) is 4.21 Å². The Labute approximate surface area is 351 Å². The van der Waals surface area contributed by atoms with E-state index in [1.54, 1.807) is 39.3 Å². The number of carbonyl (C=O) groups excluding carboxylic acids is 2. The van der Waals surface area contributed by atoms with Gasteiger partial charge < -0.3 is 23.8 Å². The average molecular weight is 874 g/mol. The number of benzene rings is 2. The Morgan fingerprint density at radius 1 is 1.12 bits per heavy atom. The number of amides is 2. The number of halogens is 1. The summed E-state index contributed by atoms with van der Waals surface area (Å²) in [5.74, 6) is -1.53. The SMILES string of the molecule is COc1nn(C)cc1C(=O)NS1(=O)=NC(=O)c2ccc3c(c2)N(C[C@@H]2CC[C@H]2[C@@H](OC)/C=C\[C@H](OCCOS(C)(=O)=O)[C@H](C)C1)C[C@@]1(CCCc2cc(Cl)ccc21)CO3. The fourth-order valence-electron chi connectivity index (χ4n) is 8.89. The van der Waals surface area contributed by atoms with Crippen LogP contribution in [-0.4, -0.2) is 106 Å². The van der Waals surface area contributed by atoms with E-state index in [2.05, 4.69) is 31.2 Å². The van der Waals surface area contributed by atoms with E-state index in [9.17, 15) is 18.0 Å². The normalized spacial score (nSPS) is 28.9. The first-order chi connectivity index (χ1) is 28.1. The average Bonchev–Trinajstić information content (AvgIpc) is 3.49. The largest absolute Gasteiger partial charge is 0.490 e. The standard InChI is InChI=1S/C41H52ClN5O10S2/c1-26-23-59(52,45-39(49)32-22-46(2)43-40(32)54-4)44-38(48)28-9-13-37-34(20-28)47(24-41(25-56-37)16-6-7-27-19-30(42)10-12-33(27)41)21-29-8-11-31(29)36(53-3)15-14-35(26)55-17-18-57-58(5,50)51/h9-10,12-15,19-20,22,26,29,31,35-36H,6-8,11,16-18,21,23-25H2,1-5H3,(H,44,45,48,49,52)/b15-14-/t26-,29+,31-,35+,36+,41+,59?/m1/s1. The van der Waals surface area contributed by atoms with Crippen LogP contribution in [0.25, 0.3) is 0 Å². The van der Waals surface area contributed by atoms with Crippen molar-refractivity contribution in [1.29, 1.82) is 0 Å². The molecule has 15 nitrogen and oxygen atoms in total. The predicted molar refractivity (Wildman–Crippen MR) is 223 cm³/mol. The van der Waals surface area contributed by atoms with Gasteiger partial charge in [0.05, 0.1) is 56.8 Å². The summed E-state index contributed by atoms with van der Waals surface area (Å²) >= 11 is 6.48. The Kier molecular flexibility index (Phi) is 12.8. The van der Waals surface area contributed by atoms with Crippen molar-refractivity contribution < 1.29 is 45.3 Å². The van der Waals surface area contributed by atoms with Crippen LogP contribution >= 0.6 is 11.6 Å². The lowest BCUT2D eigenvalue weighted by atomic mass is 9.68. The lowest BCUT2D eigenvalue weighted by Gasteiger charge is -2.46. The lowest BCUT2D eigenvalue weighted by molar-refractivity contribution is 0.00981. The van der Waals surface area contributed by atoms with E-state index >= 15 is 4.21 Å². The van der Waals surface area contributed by atoms with Gasteiger partial charge in [-0.05, 0) is 85.4 Å². The van der Waals surface area contributed by atoms with Gasteiger partial charge in [-0.2, -0.15) is 8.42 Å². The molecule has 0 saturated heterocycles. The van der Waals surface area contributed by atoms with Gasteiger partial charge in [-0.1, -0.05) is 36.7 Å². The van der Waals surface area contributed by atoms with Gasteiger partial charge in [0.15, 0.2) is 0 Å². The fourth-order valence-corrected chi connectivity index (χ4v) is 11.3. The molecule has 2 amide bonds. The molecule has 4 aliphatic rings. The maximum absolute atomic E-state index is 15.0. The Bertz CT molecular complexity index is 2340. The van der Waals surface area contributed by atoms with Crippen molar-refractivity contribution in [2.75, 3.05) is 64.0 Å². The molecule has 2 aromatic carbocycles. The van der Waals surface area contributed by atoms with Crippen LogP contribution in [0.1, 0.15) is 64.4 Å². The lowest BCUT2D eigenvalue weighted by Crippen LogP contribution is -2.49. The maximum Gasteiger partial charge on any atom is 0.286 e. The zero-order valence-electron chi connectivity index (χ0n) is 33.9. The van der Waals surface area contributed by atoms with Gasteiger partial charge >= 0.3 is 0 Å². The van der Waals surface area contributed by atoms with E-state index in [0.717, 1.165) is 44.0 Å². The second kappa shape index (κ2) is 17.5. The number of ether oxygens (including phenoxy) is 4. The van der Waals surface area contributed by atoms with Crippen LogP contribution in [0.3, 0.4) is 0 Å². The highest BCUT2D eigenvalue weighted by atomic mass is 35.5. The van der Waals surface area contributed by atoms with Crippen molar-refractivity contribution in [3.05, 3.63) is 82.0 Å². The minimum atomic E-state index is -3.89. The highest BCUT2D eigenvalue weighted by molar-refractivity contribution is 7.92. The van der Waals surface area contributed by atoms with Gasteiger partial charge in [-0.15, -0.1) is 9.46 Å². The topological polar surface area (TPSA) is 177 Å². The molecule has 1 spiro atoms. The van der Waals surface area contributed by atoms with Crippen molar-refractivity contribution in [1.82, 2.24) is 14.5 Å². The van der Waals surface area contributed by atoms with Crippen LogP contribution < -0.4 is 19.1 Å². The van der Waals surface area contributed by atoms with Gasteiger partial charge in [0.25, 0.3) is 21.9 Å². The van der Waals surface area contributed by atoms with Gasteiger partial charge in [-0.3, -0.25) is 23.2 Å². The summed E-state index contributed by atoms with van der Waals surface area (Å²) in [5.41, 5.74) is 2.99. The number of aromatic nitrogens is 2. The van der Waals surface area contributed by atoms with Gasteiger partial charge in [0.1, 0.15) is 21.2 Å². The molecule has 1 unspecified atom stereocenters. The molecule has 3 heterocycles. The molecule has 1 N–H and O–H groups in total. The molecule has 2 aliphatic heterocycles. The number of hydrogen-bond donors (Lipinski definition) is 1. The number of aryl methyl sites for hydroxylation is 2. The Hall–Kier alpha value is -4.00. The van der Waals surface area contributed by atoms with E-state index in [0.29, 0.717) is 30.5 Å². The first-order valence-electron chi connectivity index (χ1n) is 19.8. The first-order valence-corrected chi connectivity index (χ1v) is 23.6. The second-order valence-electron chi connectivity index (χ2n) is 16.1. The minimum Gasteiger partial charge on any atom is -0.490 e. The molecule has 3 aromatic rings. The third-order valence-corrected chi connectivity index (χ3v) is 14.6.